The second kappa shape index (κ2) is 13.2. The molecule has 0 spiro atoms. The number of hydrogen-bond acceptors (Lipinski definition) is 1. The molecule has 0 saturated carbocycles. The SMILES string of the molecule is c1ccc2c(N(c3ccc(-c4ccc(-n5c6ccccc6c6ccccc65)cc4)cc3)c3ccc(-c4cc5ccccc5c5ccccc45)cc3)cccc2c1. The van der Waals surface area contributed by atoms with Crippen LogP contribution in [0.2, 0.25) is 0 Å². The summed E-state index contributed by atoms with van der Waals surface area (Å²) in [5, 5.41) is 10.1. The molecule has 0 aliphatic heterocycles. The Kier molecular flexibility index (Phi) is 7.53. The predicted octanol–water partition coefficient (Wildman–Crippen LogP) is 15.0. The third kappa shape index (κ3) is 5.26. The standard InChI is InChI=1S/C54H36N2/c1-4-16-46-39(12-1)14-11-23-52(46)55(43-34-28-40(29-35-43)51-36-41-13-2-3-15-45(41)47-17-5-6-18-48(47)51)42-30-24-37(25-31-42)38-26-32-44(33-27-38)56-53-21-9-7-19-49(53)50-20-8-10-22-54(50)56/h1-36H. The largest absolute Gasteiger partial charge is 0.310 e. The minimum absolute atomic E-state index is 1.11. The number of benzene rings is 10. The normalized spacial score (nSPS) is 11.6. The van der Waals surface area contributed by atoms with Crippen LogP contribution in [0.3, 0.4) is 0 Å². The highest BCUT2D eigenvalue weighted by Gasteiger charge is 2.17. The fourth-order valence-corrected chi connectivity index (χ4v) is 8.72. The minimum Gasteiger partial charge on any atom is -0.310 e. The highest BCUT2D eigenvalue weighted by molar-refractivity contribution is 6.14. The Hall–Kier alpha value is -7.42. The monoisotopic (exact) mass is 712 g/mol. The Bertz CT molecular complexity index is 3170. The summed E-state index contributed by atoms with van der Waals surface area (Å²) in [5.74, 6) is 0. The van der Waals surface area contributed by atoms with E-state index in [-0.39, 0.29) is 0 Å². The minimum atomic E-state index is 1.11. The van der Waals surface area contributed by atoms with Crippen LogP contribution >= 0.6 is 0 Å². The molecule has 11 aromatic rings. The zero-order valence-electron chi connectivity index (χ0n) is 30.7. The average molecular weight is 713 g/mol. The van der Waals surface area contributed by atoms with Crippen LogP contribution in [0.25, 0.3) is 82.1 Å². The lowest BCUT2D eigenvalue weighted by Crippen LogP contribution is -2.10. The first-order chi connectivity index (χ1) is 27.8. The number of para-hydroxylation sites is 2. The molecule has 1 aromatic heterocycles. The van der Waals surface area contributed by atoms with Crippen molar-refractivity contribution in [3.63, 3.8) is 0 Å². The van der Waals surface area contributed by atoms with E-state index in [9.17, 15) is 0 Å². The smallest absolute Gasteiger partial charge is 0.0541 e. The molecule has 0 aliphatic rings. The van der Waals surface area contributed by atoms with Crippen molar-refractivity contribution in [2.24, 2.45) is 0 Å². The second-order valence-electron chi connectivity index (χ2n) is 14.5. The van der Waals surface area contributed by atoms with Crippen LogP contribution < -0.4 is 4.90 Å². The molecule has 0 bridgehead atoms. The van der Waals surface area contributed by atoms with Gasteiger partial charge in [-0.25, -0.2) is 0 Å². The molecule has 0 unspecified atom stereocenters. The lowest BCUT2D eigenvalue weighted by Gasteiger charge is -2.27. The van der Waals surface area contributed by atoms with Crippen molar-refractivity contribution in [2.45, 2.75) is 0 Å². The van der Waals surface area contributed by atoms with Gasteiger partial charge in [0, 0.05) is 33.2 Å². The summed E-state index contributed by atoms with van der Waals surface area (Å²) in [5.41, 5.74) is 11.8. The molecule has 0 saturated heterocycles. The van der Waals surface area contributed by atoms with E-state index in [1.54, 1.807) is 0 Å². The molecular weight excluding hydrogens is 677 g/mol. The maximum atomic E-state index is 2.39. The Balaban J connectivity index is 0.978. The van der Waals surface area contributed by atoms with Crippen molar-refractivity contribution in [1.29, 1.82) is 0 Å². The maximum absolute atomic E-state index is 2.39. The second-order valence-corrected chi connectivity index (χ2v) is 14.5. The molecule has 2 nitrogen and oxygen atoms in total. The first-order valence-electron chi connectivity index (χ1n) is 19.3. The lowest BCUT2D eigenvalue weighted by atomic mass is 9.93. The fraction of sp³-hybridized carbons (Fsp3) is 0. The molecule has 2 heteroatoms. The summed E-state index contributed by atoms with van der Waals surface area (Å²) >= 11 is 0. The zero-order chi connectivity index (χ0) is 37.0. The molecule has 10 aromatic carbocycles. The fourth-order valence-electron chi connectivity index (χ4n) is 8.72. The van der Waals surface area contributed by atoms with Crippen molar-refractivity contribution in [3.05, 3.63) is 218 Å². The van der Waals surface area contributed by atoms with Gasteiger partial charge in [0.1, 0.15) is 0 Å². The molecule has 0 radical (unpaired) electrons. The van der Waals surface area contributed by atoms with Gasteiger partial charge in [-0.15, -0.1) is 0 Å². The van der Waals surface area contributed by atoms with Gasteiger partial charge in [0.2, 0.25) is 0 Å². The van der Waals surface area contributed by atoms with Gasteiger partial charge in [-0.05, 0) is 110 Å². The van der Waals surface area contributed by atoms with E-state index >= 15 is 0 Å². The van der Waals surface area contributed by atoms with Crippen LogP contribution in [0.4, 0.5) is 17.1 Å². The number of rotatable bonds is 6. The Labute approximate surface area is 325 Å². The van der Waals surface area contributed by atoms with Gasteiger partial charge in [0.25, 0.3) is 0 Å². The Morgan fingerprint density at radius 2 is 0.768 bits per heavy atom. The summed E-state index contributed by atoms with van der Waals surface area (Å²) in [6.45, 7) is 0. The van der Waals surface area contributed by atoms with Gasteiger partial charge in [0.15, 0.2) is 0 Å². The van der Waals surface area contributed by atoms with Crippen molar-refractivity contribution in [1.82, 2.24) is 4.57 Å². The van der Waals surface area contributed by atoms with E-state index in [0.717, 1.165) is 22.7 Å². The maximum Gasteiger partial charge on any atom is 0.0541 e. The van der Waals surface area contributed by atoms with E-state index < -0.39 is 0 Å². The van der Waals surface area contributed by atoms with Crippen LogP contribution in [0, 0.1) is 0 Å². The van der Waals surface area contributed by atoms with Crippen LogP contribution in [0.1, 0.15) is 0 Å². The van der Waals surface area contributed by atoms with Gasteiger partial charge in [0.05, 0.1) is 16.7 Å². The van der Waals surface area contributed by atoms with Gasteiger partial charge >= 0.3 is 0 Å². The van der Waals surface area contributed by atoms with E-state index in [4.69, 9.17) is 0 Å². The first kappa shape index (κ1) is 32.0. The number of aromatic nitrogens is 1. The molecule has 0 fully saturated rings. The molecule has 0 aliphatic carbocycles. The average Bonchev–Trinajstić information content (AvgIpc) is 3.61. The molecule has 1 heterocycles. The molecule has 0 N–H and O–H groups in total. The van der Waals surface area contributed by atoms with Crippen LogP contribution in [-0.2, 0) is 0 Å². The van der Waals surface area contributed by atoms with E-state index in [1.807, 2.05) is 0 Å². The van der Waals surface area contributed by atoms with Crippen LogP contribution in [0.15, 0.2) is 218 Å². The van der Waals surface area contributed by atoms with E-state index in [0.29, 0.717) is 0 Å². The van der Waals surface area contributed by atoms with E-state index in [2.05, 4.69) is 228 Å². The quantitative estimate of drug-likeness (QED) is 0.156. The highest BCUT2D eigenvalue weighted by Crippen LogP contribution is 2.42. The number of fused-ring (bicyclic) bond motifs is 7. The third-order valence-corrected chi connectivity index (χ3v) is 11.4. The summed E-state index contributed by atoms with van der Waals surface area (Å²) < 4.78 is 2.37. The number of nitrogens with zero attached hydrogens (tertiary/aromatic N) is 2. The summed E-state index contributed by atoms with van der Waals surface area (Å²) in [6, 6.07) is 79.4. The Morgan fingerprint density at radius 3 is 1.41 bits per heavy atom. The van der Waals surface area contributed by atoms with Crippen molar-refractivity contribution in [2.75, 3.05) is 4.90 Å². The summed E-state index contributed by atoms with van der Waals surface area (Å²) in [6.07, 6.45) is 0. The number of hydrogen-bond donors (Lipinski definition) is 0. The predicted molar refractivity (Wildman–Crippen MR) is 239 cm³/mol. The lowest BCUT2D eigenvalue weighted by molar-refractivity contribution is 1.18. The topological polar surface area (TPSA) is 8.17 Å². The highest BCUT2D eigenvalue weighted by atomic mass is 15.1. The molecule has 262 valence electrons. The Morgan fingerprint density at radius 1 is 0.304 bits per heavy atom. The third-order valence-electron chi connectivity index (χ3n) is 11.4. The molecule has 0 amide bonds. The molecule has 0 atom stereocenters. The van der Waals surface area contributed by atoms with Gasteiger partial charge in [-0.2, -0.15) is 0 Å². The summed E-state index contributed by atoms with van der Waals surface area (Å²) in [4.78, 5) is 2.39. The zero-order valence-corrected chi connectivity index (χ0v) is 30.7. The van der Waals surface area contributed by atoms with Crippen LogP contribution in [0.5, 0.6) is 0 Å². The molecule has 56 heavy (non-hydrogen) atoms. The van der Waals surface area contributed by atoms with Gasteiger partial charge in [-0.3, -0.25) is 0 Å². The molecule has 11 rings (SSSR count). The first-order valence-corrected chi connectivity index (χ1v) is 19.3. The van der Waals surface area contributed by atoms with Gasteiger partial charge < -0.3 is 9.47 Å². The van der Waals surface area contributed by atoms with Crippen molar-refractivity contribution >= 4 is 71.2 Å². The molecular formula is C54H36N2. The van der Waals surface area contributed by atoms with Crippen LogP contribution in [-0.4, -0.2) is 4.57 Å². The number of anilines is 3. The van der Waals surface area contributed by atoms with Gasteiger partial charge in [-0.1, -0.05) is 158 Å². The summed E-state index contributed by atoms with van der Waals surface area (Å²) in [7, 11) is 0. The van der Waals surface area contributed by atoms with E-state index in [1.165, 1.54) is 76.4 Å². The van der Waals surface area contributed by atoms with Crippen molar-refractivity contribution < 1.29 is 0 Å². The van der Waals surface area contributed by atoms with Crippen molar-refractivity contribution in [3.8, 4) is 27.9 Å².